The zero-order valence-electron chi connectivity index (χ0n) is 13.3. The Hall–Kier alpha value is -1.10. The van der Waals surface area contributed by atoms with Crippen LogP contribution in [0, 0.1) is 0 Å². The summed E-state index contributed by atoms with van der Waals surface area (Å²) in [5.74, 6) is 1.20. The summed E-state index contributed by atoms with van der Waals surface area (Å²) in [7, 11) is 5.67. The number of hydrogen-bond donors (Lipinski definition) is 2. The molecule has 0 aliphatic heterocycles. The number of benzene rings is 1. The second-order valence-electron chi connectivity index (χ2n) is 5.86. The monoisotopic (exact) mass is 280 g/mol. The molecule has 0 spiro atoms. The van der Waals surface area contributed by atoms with Crippen molar-refractivity contribution in [1.82, 2.24) is 4.90 Å². The van der Waals surface area contributed by atoms with Crippen molar-refractivity contribution in [3.8, 4) is 5.75 Å². The highest BCUT2D eigenvalue weighted by Crippen LogP contribution is 2.30. The Morgan fingerprint density at radius 1 is 1.30 bits per heavy atom. The molecule has 114 valence electrons. The van der Waals surface area contributed by atoms with Gasteiger partial charge in [0.1, 0.15) is 5.75 Å². The van der Waals surface area contributed by atoms with Gasteiger partial charge in [-0.2, -0.15) is 0 Å². The minimum atomic E-state index is -0.640. The van der Waals surface area contributed by atoms with Crippen molar-refractivity contribution < 1.29 is 9.84 Å². The van der Waals surface area contributed by atoms with E-state index < -0.39 is 6.10 Å². The molecule has 2 atom stereocenters. The number of aliphatic hydroxyl groups is 1. The SMILES string of the molecule is COc1ccc(C(O)C(N)CCN(C)C)cc1C(C)C. The van der Waals surface area contributed by atoms with E-state index in [0.29, 0.717) is 5.92 Å². The number of nitrogens with two attached hydrogens (primary N) is 1. The Kier molecular flexibility index (Phi) is 6.46. The molecular formula is C16H28N2O2. The van der Waals surface area contributed by atoms with Crippen LogP contribution in [0.15, 0.2) is 18.2 Å². The second kappa shape index (κ2) is 7.62. The van der Waals surface area contributed by atoms with Crippen molar-refractivity contribution in [2.75, 3.05) is 27.7 Å². The number of ether oxygens (including phenoxy) is 1. The lowest BCUT2D eigenvalue weighted by molar-refractivity contribution is 0.137. The van der Waals surface area contributed by atoms with E-state index in [1.807, 2.05) is 32.3 Å². The largest absolute Gasteiger partial charge is 0.496 e. The fourth-order valence-electron chi connectivity index (χ4n) is 2.20. The van der Waals surface area contributed by atoms with Gasteiger partial charge in [0.05, 0.1) is 13.2 Å². The van der Waals surface area contributed by atoms with E-state index in [4.69, 9.17) is 10.5 Å². The van der Waals surface area contributed by atoms with Gasteiger partial charge in [-0.15, -0.1) is 0 Å². The summed E-state index contributed by atoms with van der Waals surface area (Å²) in [6.07, 6.45) is 0.121. The van der Waals surface area contributed by atoms with Gasteiger partial charge >= 0.3 is 0 Å². The van der Waals surface area contributed by atoms with Crippen molar-refractivity contribution in [2.45, 2.75) is 38.3 Å². The standard InChI is InChI=1S/C16H28N2O2/c1-11(2)13-10-12(6-7-15(13)20-5)16(19)14(17)8-9-18(3)4/h6-7,10-11,14,16,19H,8-9,17H2,1-5H3. The fourth-order valence-corrected chi connectivity index (χ4v) is 2.20. The van der Waals surface area contributed by atoms with Crippen LogP contribution >= 0.6 is 0 Å². The molecule has 0 fully saturated rings. The van der Waals surface area contributed by atoms with Gasteiger partial charge in [-0.3, -0.25) is 0 Å². The molecule has 0 radical (unpaired) electrons. The smallest absolute Gasteiger partial charge is 0.122 e. The summed E-state index contributed by atoms with van der Waals surface area (Å²) in [5.41, 5.74) is 8.05. The van der Waals surface area contributed by atoms with Gasteiger partial charge in [0.2, 0.25) is 0 Å². The molecule has 0 heterocycles. The van der Waals surface area contributed by atoms with Crippen molar-refractivity contribution in [3.05, 3.63) is 29.3 Å². The van der Waals surface area contributed by atoms with E-state index in [0.717, 1.165) is 29.8 Å². The molecule has 0 bridgehead atoms. The molecule has 0 aliphatic rings. The molecule has 20 heavy (non-hydrogen) atoms. The average Bonchev–Trinajstić information content (AvgIpc) is 2.42. The quantitative estimate of drug-likeness (QED) is 0.803. The molecule has 0 amide bonds. The van der Waals surface area contributed by atoms with Gasteiger partial charge < -0.3 is 20.5 Å². The van der Waals surface area contributed by atoms with E-state index in [1.54, 1.807) is 7.11 Å². The van der Waals surface area contributed by atoms with E-state index in [2.05, 4.69) is 18.7 Å². The Bertz CT molecular complexity index is 419. The van der Waals surface area contributed by atoms with Gasteiger partial charge in [0, 0.05) is 6.04 Å². The number of hydrogen-bond acceptors (Lipinski definition) is 4. The number of methoxy groups -OCH3 is 1. The summed E-state index contributed by atoms with van der Waals surface area (Å²) >= 11 is 0. The highest BCUT2D eigenvalue weighted by Gasteiger charge is 2.19. The van der Waals surface area contributed by atoms with Crippen molar-refractivity contribution in [2.24, 2.45) is 5.73 Å². The maximum atomic E-state index is 10.4. The molecule has 4 heteroatoms. The summed E-state index contributed by atoms with van der Waals surface area (Å²) < 4.78 is 5.36. The number of aliphatic hydroxyl groups excluding tert-OH is 1. The Labute approximate surface area is 122 Å². The Morgan fingerprint density at radius 2 is 1.95 bits per heavy atom. The van der Waals surface area contributed by atoms with Crippen LogP contribution in [0.4, 0.5) is 0 Å². The maximum absolute atomic E-state index is 10.4. The summed E-state index contributed by atoms with van der Waals surface area (Å²) in [5, 5.41) is 10.4. The zero-order valence-corrected chi connectivity index (χ0v) is 13.3. The van der Waals surface area contributed by atoms with Crippen LogP contribution in [-0.2, 0) is 0 Å². The third kappa shape index (κ3) is 4.47. The van der Waals surface area contributed by atoms with E-state index in [-0.39, 0.29) is 6.04 Å². The Morgan fingerprint density at radius 3 is 2.45 bits per heavy atom. The van der Waals surface area contributed by atoms with Crippen molar-refractivity contribution >= 4 is 0 Å². The molecule has 0 aliphatic carbocycles. The molecule has 3 N–H and O–H groups in total. The third-order valence-electron chi connectivity index (χ3n) is 3.53. The van der Waals surface area contributed by atoms with Crippen molar-refractivity contribution in [1.29, 1.82) is 0 Å². The van der Waals surface area contributed by atoms with Crippen LogP contribution in [0.3, 0.4) is 0 Å². The molecule has 0 saturated heterocycles. The molecule has 0 saturated carbocycles. The van der Waals surface area contributed by atoms with Crippen LogP contribution in [0.2, 0.25) is 0 Å². The number of rotatable bonds is 7. The molecular weight excluding hydrogens is 252 g/mol. The summed E-state index contributed by atoms with van der Waals surface area (Å²) in [6, 6.07) is 5.55. The van der Waals surface area contributed by atoms with Crippen molar-refractivity contribution in [3.63, 3.8) is 0 Å². The number of nitrogens with zero attached hydrogens (tertiary/aromatic N) is 1. The first-order valence-electron chi connectivity index (χ1n) is 7.13. The second-order valence-corrected chi connectivity index (χ2v) is 5.86. The minimum Gasteiger partial charge on any atom is -0.496 e. The van der Waals surface area contributed by atoms with Gasteiger partial charge in [-0.05, 0) is 56.2 Å². The Balaban J connectivity index is 2.87. The predicted molar refractivity (Wildman–Crippen MR) is 83.2 cm³/mol. The topological polar surface area (TPSA) is 58.7 Å². The van der Waals surface area contributed by atoms with Crippen LogP contribution in [0.1, 0.15) is 43.4 Å². The fraction of sp³-hybridized carbons (Fsp3) is 0.625. The first kappa shape index (κ1) is 17.0. The molecule has 2 unspecified atom stereocenters. The van der Waals surface area contributed by atoms with E-state index in [9.17, 15) is 5.11 Å². The van der Waals surface area contributed by atoms with Crippen LogP contribution in [0.5, 0.6) is 5.75 Å². The van der Waals surface area contributed by atoms with Gasteiger partial charge in [0.25, 0.3) is 0 Å². The molecule has 0 aromatic heterocycles. The first-order valence-corrected chi connectivity index (χ1v) is 7.13. The molecule has 1 aromatic rings. The molecule has 4 nitrogen and oxygen atoms in total. The minimum absolute atomic E-state index is 0.259. The van der Waals surface area contributed by atoms with Crippen LogP contribution in [0.25, 0.3) is 0 Å². The lowest BCUT2D eigenvalue weighted by atomic mass is 9.94. The van der Waals surface area contributed by atoms with E-state index >= 15 is 0 Å². The molecule has 1 aromatic carbocycles. The van der Waals surface area contributed by atoms with Gasteiger partial charge in [0.15, 0.2) is 0 Å². The summed E-state index contributed by atoms with van der Waals surface area (Å²) in [4.78, 5) is 2.07. The normalized spacial score (nSPS) is 14.7. The first-order chi connectivity index (χ1) is 9.36. The van der Waals surface area contributed by atoms with Crippen LogP contribution in [-0.4, -0.2) is 43.8 Å². The third-order valence-corrected chi connectivity index (χ3v) is 3.53. The lowest BCUT2D eigenvalue weighted by Crippen LogP contribution is -2.32. The predicted octanol–water partition coefficient (Wildman–Crippen LogP) is 2.13. The highest BCUT2D eigenvalue weighted by molar-refractivity contribution is 5.40. The molecule has 1 rings (SSSR count). The van der Waals surface area contributed by atoms with Gasteiger partial charge in [-0.25, -0.2) is 0 Å². The zero-order chi connectivity index (χ0) is 15.3. The highest BCUT2D eigenvalue weighted by atomic mass is 16.5. The van der Waals surface area contributed by atoms with Gasteiger partial charge in [-0.1, -0.05) is 19.9 Å². The average molecular weight is 280 g/mol. The maximum Gasteiger partial charge on any atom is 0.122 e. The lowest BCUT2D eigenvalue weighted by Gasteiger charge is -2.22. The summed E-state index contributed by atoms with van der Waals surface area (Å²) in [6.45, 7) is 5.09. The van der Waals surface area contributed by atoms with E-state index in [1.165, 1.54) is 0 Å². The van der Waals surface area contributed by atoms with Crippen LogP contribution < -0.4 is 10.5 Å².